The van der Waals surface area contributed by atoms with Gasteiger partial charge in [-0.05, 0) is 65.5 Å². The van der Waals surface area contributed by atoms with E-state index in [0.717, 1.165) is 12.1 Å². The molecule has 2 saturated heterocycles. The molecule has 4 aliphatic rings. The van der Waals surface area contributed by atoms with E-state index < -0.39 is 47.0 Å². The molecule has 4 fully saturated rings. The van der Waals surface area contributed by atoms with Crippen molar-refractivity contribution in [2.75, 3.05) is 13.1 Å². The van der Waals surface area contributed by atoms with Crippen LogP contribution in [0.1, 0.15) is 65.4 Å². The first-order valence-corrected chi connectivity index (χ1v) is 14.7. The SMILES string of the molecule is CC(C)(C)[C@H](NC(=O)[C@@H]1C[C@H]1c1ccc(F)c(F)c1)C(=O)N1C[C@H]2[C@@H]([C@H]1C(=O)N[C@H](C#N)C[C@@H]1CCNC1=O)C2(C)C. The van der Waals surface area contributed by atoms with Crippen LogP contribution in [0.5, 0.6) is 0 Å². The first-order valence-electron chi connectivity index (χ1n) is 14.7. The van der Waals surface area contributed by atoms with Crippen molar-refractivity contribution in [1.82, 2.24) is 20.9 Å². The summed E-state index contributed by atoms with van der Waals surface area (Å²) in [6, 6.07) is 3.12. The molecule has 42 heavy (non-hydrogen) atoms. The van der Waals surface area contributed by atoms with Gasteiger partial charge in [0.2, 0.25) is 23.6 Å². The molecule has 0 spiro atoms. The van der Waals surface area contributed by atoms with E-state index in [1.54, 1.807) is 4.90 Å². The van der Waals surface area contributed by atoms with Crippen LogP contribution < -0.4 is 16.0 Å². The van der Waals surface area contributed by atoms with E-state index in [1.807, 2.05) is 20.8 Å². The van der Waals surface area contributed by atoms with Crippen molar-refractivity contribution in [2.24, 2.45) is 34.5 Å². The Morgan fingerprint density at radius 2 is 1.88 bits per heavy atom. The van der Waals surface area contributed by atoms with Crippen molar-refractivity contribution >= 4 is 23.6 Å². The summed E-state index contributed by atoms with van der Waals surface area (Å²) < 4.78 is 27.1. The maximum Gasteiger partial charge on any atom is 0.246 e. The van der Waals surface area contributed by atoms with Crippen LogP contribution in [0.25, 0.3) is 0 Å². The molecule has 0 unspecified atom stereocenters. The zero-order chi connectivity index (χ0) is 30.7. The maximum atomic E-state index is 14.1. The molecule has 0 bridgehead atoms. The van der Waals surface area contributed by atoms with Crippen molar-refractivity contribution in [1.29, 1.82) is 5.26 Å². The number of hydrogen-bond donors (Lipinski definition) is 3. The van der Waals surface area contributed by atoms with Gasteiger partial charge in [0.1, 0.15) is 18.1 Å². The van der Waals surface area contributed by atoms with Crippen LogP contribution in [0.2, 0.25) is 0 Å². The van der Waals surface area contributed by atoms with E-state index in [4.69, 9.17) is 0 Å². The highest BCUT2D eigenvalue weighted by Gasteiger charge is 2.70. The molecule has 1 aromatic carbocycles. The summed E-state index contributed by atoms with van der Waals surface area (Å²) in [5.74, 6) is -4.25. The Kier molecular flexibility index (Phi) is 7.57. The Morgan fingerprint density at radius 1 is 1.17 bits per heavy atom. The molecule has 1 aromatic rings. The Hall–Kier alpha value is -3.55. The number of likely N-dealkylation sites (tertiary alicyclic amines) is 1. The van der Waals surface area contributed by atoms with Crippen molar-refractivity contribution < 1.29 is 28.0 Å². The number of nitrogens with zero attached hydrogens (tertiary/aromatic N) is 2. The summed E-state index contributed by atoms with van der Waals surface area (Å²) in [7, 11) is 0. The van der Waals surface area contributed by atoms with Crippen LogP contribution in [-0.2, 0) is 19.2 Å². The molecule has 3 N–H and O–H groups in total. The van der Waals surface area contributed by atoms with Gasteiger partial charge in [-0.3, -0.25) is 19.2 Å². The largest absolute Gasteiger partial charge is 0.356 e. The lowest BCUT2D eigenvalue weighted by Gasteiger charge is -2.38. The number of fused-ring (bicyclic) bond motifs is 1. The Morgan fingerprint density at radius 3 is 2.48 bits per heavy atom. The molecule has 0 radical (unpaired) electrons. The second-order valence-corrected chi connectivity index (χ2v) is 14.0. The molecule has 9 nitrogen and oxygen atoms in total. The maximum absolute atomic E-state index is 14.1. The molecule has 0 aromatic heterocycles. The third kappa shape index (κ3) is 5.48. The van der Waals surface area contributed by atoms with Gasteiger partial charge >= 0.3 is 0 Å². The van der Waals surface area contributed by atoms with Crippen LogP contribution in [0, 0.1) is 57.5 Å². The molecule has 2 aliphatic carbocycles. The van der Waals surface area contributed by atoms with Gasteiger partial charge in [0.05, 0.1) is 6.07 Å². The van der Waals surface area contributed by atoms with E-state index in [9.17, 15) is 33.2 Å². The summed E-state index contributed by atoms with van der Waals surface area (Å²) in [5, 5.41) is 18.2. The predicted molar refractivity (Wildman–Crippen MR) is 148 cm³/mol. The third-order valence-electron chi connectivity index (χ3n) is 9.81. The lowest BCUT2D eigenvalue weighted by molar-refractivity contribution is -0.145. The van der Waals surface area contributed by atoms with Crippen molar-refractivity contribution in [3.8, 4) is 6.07 Å². The van der Waals surface area contributed by atoms with Gasteiger partial charge in [-0.2, -0.15) is 5.26 Å². The minimum Gasteiger partial charge on any atom is -0.356 e. The van der Waals surface area contributed by atoms with Crippen LogP contribution in [0.15, 0.2) is 18.2 Å². The van der Waals surface area contributed by atoms with E-state index in [2.05, 4.69) is 35.9 Å². The van der Waals surface area contributed by atoms with Crippen LogP contribution >= 0.6 is 0 Å². The van der Waals surface area contributed by atoms with Crippen molar-refractivity contribution in [3.05, 3.63) is 35.4 Å². The first-order chi connectivity index (χ1) is 19.6. The number of halogens is 2. The van der Waals surface area contributed by atoms with Gasteiger partial charge in [0.15, 0.2) is 11.6 Å². The van der Waals surface area contributed by atoms with Gasteiger partial charge in [-0.1, -0.05) is 40.7 Å². The van der Waals surface area contributed by atoms with Gasteiger partial charge in [0.25, 0.3) is 0 Å². The average molecular weight is 584 g/mol. The van der Waals surface area contributed by atoms with Gasteiger partial charge < -0.3 is 20.9 Å². The fourth-order valence-corrected chi connectivity index (χ4v) is 7.03. The fraction of sp³-hybridized carbons (Fsp3) is 0.645. The zero-order valence-corrected chi connectivity index (χ0v) is 24.7. The number of benzene rings is 1. The molecule has 5 rings (SSSR count). The second-order valence-electron chi connectivity index (χ2n) is 14.0. The smallest absolute Gasteiger partial charge is 0.246 e. The number of rotatable bonds is 8. The number of nitriles is 1. The Bertz CT molecular complexity index is 1350. The molecule has 2 heterocycles. The molecule has 2 saturated carbocycles. The van der Waals surface area contributed by atoms with E-state index in [-0.39, 0.29) is 53.2 Å². The molecule has 4 amide bonds. The normalized spacial score (nSPS) is 30.4. The minimum atomic E-state index is -0.966. The lowest BCUT2D eigenvalue weighted by Crippen LogP contribution is -2.60. The molecule has 11 heteroatoms. The minimum absolute atomic E-state index is 0.0897. The highest BCUT2D eigenvalue weighted by molar-refractivity contribution is 5.95. The molecule has 2 aliphatic heterocycles. The summed E-state index contributed by atoms with van der Waals surface area (Å²) in [6.07, 6.45) is 1.26. The number of carbonyl (C=O) groups excluding carboxylic acids is 4. The molecule has 8 atom stereocenters. The topological polar surface area (TPSA) is 131 Å². The molecular weight excluding hydrogens is 544 g/mol. The number of amides is 4. The number of carbonyl (C=O) groups is 4. The van der Waals surface area contributed by atoms with Crippen LogP contribution in [0.4, 0.5) is 8.78 Å². The summed E-state index contributed by atoms with van der Waals surface area (Å²) in [6.45, 7) is 10.5. The molecular formula is C31H39F2N5O4. The zero-order valence-electron chi connectivity index (χ0n) is 24.7. The van der Waals surface area contributed by atoms with Crippen LogP contribution in [-0.4, -0.2) is 59.7 Å². The number of nitrogens with one attached hydrogen (secondary N) is 3. The van der Waals surface area contributed by atoms with E-state index in [1.165, 1.54) is 6.07 Å². The Labute approximate surface area is 244 Å². The fourth-order valence-electron chi connectivity index (χ4n) is 7.03. The van der Waals surface area contributed by atoms with Crippen LogP contribution in [0.3, 0.4) is 0 Å². The monoisotopic (exact) mass is 583 g/mol. The van der Waals surface area contributed by atoms with Crippen molar-refractivity contribution in [2.45, 2.75) is 77.9 Å². The summed E-state index contributed by atoms with van der Waals surface area (Å²) >= 11 is 0. The third-order valence-corrected chi connectivity index (χ3v) is 9.81. The quantitative estimate of drug-likeness (QED) is 0.433. The van der Waals surface area contributed by atoms with Gasteiger partial charge in [0, 0.05) is 24.9 Å². The number of piperidine rings is 1. The number of hydrogen-bond acceptors (Lipinski definition) is 5. The average Bonchev–Trinajstić information content (AvgIpc) is 3.67. The lowest BCUT2D eigenvalue weighted by atomic mass is 9.85. The predicted octanol–water partition coefficient (Wildman–Crippen LogP) is 2.62. The second kappa shape index (κ2) is 10.6. The van der Waals surface area contributed by atoms with E-state index in [0.29, 0.717) is 31.5 Å². The Balaban J connectivity index is 1.30. The first kappa shape index (κ1) is 29.9. The van der Waals surface area contributed by atoms with Gasteiger partial charge in [-0.15, -0.1) is 0 Å². The highest BCUT2D eigenvalue weighted by Crippen LogP contribution is 2.65. The summed E-state index contributed by atoms with van der Waals surface area (Å²) in [4.78, 5) is 54.6. The van der Waals surface area contributed by atoms with E-state index >= 15 is 0 Å². The summed E-state index contributed by atoms with van der Waals surface area (Å²) in [5.41, 5.74) is -0.306. The molecule has 226 valence electrons. The van der Waals surface area contributed by atoms with Gasteiger partial charge in [-0.25, -0.2) is 8.78 Å². The van der Waals surface area contributed by atoms with Crippen molar-refractivity contribution in [3.63, 3.8) is 0 Å². The standard InChI is InChI=1S/C31H39F2N5O4/c1-30(2,3)25(37-27(40)19-12-18(19)15-6-7-21(32)22(33)11-15)29(42)38-14-20-23(31(20,4)5)24(38)28(41)36-17(13-34)10-16-8-9-35-26(16)39/h6-7,11,16-20,23-25H,8-10,12,14H2,1-5H3,(H,35,39)(H,36,41)(H,37,40)/t16-,17-,18-,19+,20-,23-,24-,25+/m0/s1. The highest BCUT2D eigenvalue weighted by atomic mass is 19.2.